The number of aromatic nitrogens is 2. The molecule has 0 aliphatic carbocycles. The van der Waals surface area contributed by atoms with E-state index in [4.69, 9.17) is 5.73 Å². The molecule has 0 saturated carbocycles. The molecule has 11 heteroatoms. The summed E-state index contributed by atoms with van der Waals surface area (Å²) in [5, 5.41) is 10.5. The minimum atomic E-state index is -0.381. The molecule has 0 radical (unpaired) electrons. The van der Waals surface area contributed by atoms with Crippen LogP contribution in [0.3, 0.4) is 0 Å². The van der Waals surface area contributed by atoms with Crippen molar-refractivity contribution in [1.29, 1.82) is 0 Å². The molecule has 0 bridgehead atoms. The van der Waals surface area contributed by atoms with Gasteiger partial charge in [-0.15, -0.1) is 11.3 Å². The molecule has 0 fully saturated rings. The van der Waals surface area contributed by atoms with Crippen molar-refractivity contribution in [2.45, 2.75) is 6.42 Å². The highest BCUT2D eigenvalue weighted by Crippen LogP contribution is 2.29. The molecule has 0 saturated heterocycles. The van der Waals surface area contributed by atoms with Crippen LogP contribution in [0.5, 0.6) is 0 Å². The van der Waals surface area contributed by atoms with Crippen molar-refractivity contribution < 1.29 is 14.4 Å². The van der Waals surface area contributed by atoms with E-state index < -0.39 is 0 Å². The number of carbonyl (C=O) groups excluding carboxylic acids is 3. The maximum atomic E-state index is 12.4. The number of hydrogen-bond donors (Lipinski definition) is 4. The summed E-state index contributed by atoms with van der Waals surface area (Å²) in [7, 11) is 3.92. The second-order valence-electron chi connectivity index (χ2n) is 9.34. The fourth-order valence-electron chi connectivity index (χ4n) is 3.78. The second-order valence-corrected chi connectivity index (χ2v) is 10.2. The van der Waals surface area contributed by atoms with Crippen LogP contribution in [-0.2, 0) is 16.0 Å². The van der Waals surface area contributed by atoms with Gasteiger partial charge >= 0.3 is 0 Å². The van der Waals surface area contributed by atoms with Gasteiger partial charge in [0.2, 0.25) is 11.8 Å². The third kappa shape index (κ3) is 8.19. The van der Waals surface area contributed by atoms with E-state index in [1.54, 1.807) is 30.5 Å². The van der Waals surface area contributed by atoms with Gasteiger partial charge in [0.05, 0.1) is 24.4 Å². The topological polar surface area (TPSA) is 142 Å². The summed E-state index contributed by atoms with van der Waals surface area (Å²) in [5.41, 5.74) is 10.8. The summed E-state index contributed by atoms with van der Waals surface area (Å²) in [6.07, 6.45) is 1.91. The van der Waals surface area contributed by atoms with Gasteiger partial charge in [-0.1, -0.05) is 18.2 Å². The first-order valence-corrected chi connectivity index (χ1v) is 13.5. The van der Waals surface area contributed by atoms with Crippen molar-refractivity contribution in [1.82, 2.24) is 25.5 Å². The summed E-state index contributed by atoms with van der Waals surface area (Å²) in [6, 6.07) is 18.1. The monoisotopic (exact) mass is 557 g/mol. The van der Waals surface area contributed by atoms with Crippen LogP contribution in [0.1, 0.15) is 16.1 Å². The molecule has 40 heavy (non-hydrogen) atoms. The molecule has 2 aromatic carbocycles. The second kappa shape index (κ2) is 13.5. The molecule has 3 amide bonds. The number of benzene rings is 2. The average molecular weight is 558 g/mol. The SMILES string of the molecule is CN(C)CCNC(=O)Cc1cc(-c2cccc(-c3csc(NC(=O)CNC(=O)c4ccc(N)cc4)n3)c2)ccn1. The maximum Gasteiger partial charge on any atom is 0.251 e. The molecule has 0 spiro atoms. The predicted octanol–water partition coefficient (Wildman–Crippen LogP) is 3.04. The van der Waals surface area contributed by atoms with Crippen LogP contribution >= 0.6 is 11.3 Å². The first-order valence-electron chi connectivity index (χ1n) is 12.6. The lowest BCUT2D eigenvalue weighted by molar-refractivity contribution is -0.120. The van der Waals surface area contributed by atoms with Gasteiger partial charge in [0.1, 0.15) is 0 Å². The lowest BCUT2D eigenvalue weighted by Crippen LogP contribution is -2.32. The first kappa shape index (κ1) is 28.4. The number of rotatable bonds is 11. The summed E-state index contributed by atoms with van der Waals surface area (Å²) in [5.74, 6) is -0.813. The summed E-state index contributed by atoms with van der Waals surface area (Å²) in [6.45, 7) is 1.17. The molecule has 206 valence electrons. The Bertz CT molecular complexity index is 1480. The van der Waals surface area contributed by atoms with Gasteiger partial charge in [-0.3, -0.25) is 19.4 Å². The fourth-order valence-corrected chi connectivity index (χ4v) is 4.52. The number of hydrogen-bond acceptors (Lipinski definition) is 8. The van der Waals surface area contributed by atoms with Crippen LogP contribution in [0.25, 0.3) is 22.4 Å². The fraction of sp³-hybridized carbons (Fsp3) is 0.207. The zero-order chi connectivity index (χ0) is 28.5. The number of nitrogen functional groups attached to an aromatic ring is 1. The van der Waals surface area contributed by atoms with E-state index in [2.05, 4.69) is 25.9 Å². The number of thiazole rings is 1. The quantitative estimate of drug-likeness (QED) is 0.208. The lowest BCUT2D eigenvalue weighted by atomic mass is 10.0. The van der Waals surface area contributed by atoms with Crippen LogP contribution in [0.15, 0.2) is 72.2 Å². The van der Waals surface area contributed by atoms with E-state index in [0.29, 0.717) is 34.3 Å². The van der Waals surface area contributed by atoms with Crippen LogP contribution < -0.4 is 21.7 Å². The van der Waals surface area contributed by atoms with Crippen molar-refractivity contribution >= 4 is 39.9 Å². The third-order valence-electron chi connectivity index (χ3n) is 5.86. The zero-order valence-electron chi connectivity index (χ0n) is 22.3. The van der Waals surface area contributed by atoms with Crippen molar-refractivity contribution in [3.63, 3.8) is 0 Å². The van der Waals surface area contributed by atoms with Gasteiger partial charge < -0.3 is 26.6 Å². The number of likely N-dealkylation sites (N-methyl/N-ethyl adjacent to an activating group) is 1. The third-order valence-corrected chi connectivity index (χ3v) is 6.62. The molecule has 0 atom stereocenters. The smallest absolute Gasteiger partial charge is 0.251 e. The highest BCUT2D eigenvalue weighted by Gasteiger charge is 2.12. The molecule has 2 aromatic heterocycles. The van der Waals surface area contributed by atoms with Crippen LogP contribution in [0.2, 0.25) is 0 Å². The Balaban J connectivity index is 1.35. The molecule has 4 aromatic rings. The van der Waals surface area contributed by atoms with Gasteiger partial charge in [0, 0.05) is 41.5 Å². The number of nitrogens with zero attached hydrogens (tertiary/aromatic N) is 3. The Labute approximate surface area is 236 Å². The minimum Gasteiger partial charge on any atom is -0.399 e. The highest BCUT2D eigenvalue weighted by atomic mass is 32.1. The number of amides is 3. The highest BCUT2D eigenvalue weighted by molar-refractivity contribution is 7.14. The average Bonchev–Trinajstić information content (AvgIpc) is 3.40. The number of pyridine rings is 1. The molecule has 2 heterocycles. The largest absolute Gasteiger partial charge is 0.399 e. The minimum absolute atomic E-state index is 0.0675. The first-order chi connectivity index (χ1) is 19.3. The van der Waals surface area contributed by atoms with Crippen LogP contribution in [0.4, 0.5) is 10.8 Å². The van der Waals surface area contributed by atoms with E-state index in [-0.39, 0.29) is 30.7 Å². The number of carbonyl (C=O) groups is 3. The van der Waals surface area contributed by atoms with E-state index in [1.807, 2.05) is 60.8 Å². The zero-order valence-corrected chi connectivity index (χ0v) is 23.1. The number of nitrogens with one attached hydrogen (secondary N) is 3. The molecule has 5 N–H and O–H groups in total. The molecule has 0 aliphatic rings. The maximum absolute atomic E-state index is 12.4. The van der Waals surface area contributed by atoms with E-state index >= 15 is 0 Å². The van der Waals surface area contributed by atoms with E-state index in [1.165, 1.54) is 11.3 Å². The van der Waals surface area contributed by atoms with Crippen molar-refractivity contribution in [2.75, 3.05) is 44.8 Å². The van der Waals surface area contributed by atoms with Crippen LogP contribution in [0, 0.1) is 0 Å². The summed E-state index contributed by atoms with van der Waals surface area (Å²) in [4.78, 5) is 47.8. The van der Waals surface area contributed by atoms with E-state index in [9.17, 15) is 14.4 Å². The Kier molecular flexibility index (Phi) is 9.55. The Morgan fingerprint density at radius 3 is 2.45 bits per heavy atom. The molecule has 4 rings (SSSR count). The summed E-state index contributed by atoms with van der Waals surface area (Å²) >= 11 is 1.30. The predicted molar refractivity (Wildman–Crippen MR) is 158 cm³/mol. The molecule has 10 nitrogen and oxygen atoms in total. The molecular formula is C29H31N7O3S. The molecular weight excluding hydrogens is 526 g/mol. The Morgan fingerprint density at radius 2 is 1.68 bits per heavy atom. The van der Waals surface area contributed by atoms with Gasteiger partial charge in [0.15, 0.2) is 5.13 Å². The molecule has 0 unspecified atom stereocenters. The van der Waals surface area contributed by atoms with Gasteiger partial charge in [-0.05, 0) is 67.7 Å². The lowest BCUT2D eigenvalue weighted by Gasteiger charge is -2.10. The number of anilines is 2. The van der Waals surface area contributed by atoms with Crippen molar-refractivity contribution in [3.8, 4) is 22.4 Å². The summed E-state index contributed by atoms with van der Waals surface area (Å²) < 4.78 is 0. The molecule has 0 aliphatic heterocycles. The van der Waals surface area contributed by atoms with Gasteiger partial charge in [-0.25, -0.2) is 4.98 Å². The Hall–Kier alpha value is -4.61. The van der Waals surface area contributed by atoms with Gasteiger partial charge in [-0.2, -0.15) is 0 Å². The Morgan fingerprint density at radius 1 is 0.925 bits per heavy atom. The van der Waals surface area contributed by atoms with Crippen LogP contribution in [-0.4, -0.2) is 66.3 Å². The van der Waals surface area contributed by atoms with Crippen molar-refractivity contribution in [3.05, 3.63) is 83.5 Å². The standard InChI is InChI=1S/C29H31N7O3S/c1-36(2)13-12-32-26(37)16-24-15-21(10-11-31-24)20-4-3-5-22(14-20)25-18-40-29(34-25)35-27(38)17-33-28(39)19-6-8-23(30)9-7-19/h3-11,14-15,18H,12-13,16-17,30H2,1-2H3,(H,32,37)(H,33,39)(H,34,35,38). The van der Waals surface area contributed by atoms with Crippen molar-refractivity contribution in [2.24, 2.45) is 0 Å². The number of nitrogens with two attached hydrogens (primary N) is 1. The van der Waals surface area contributed by atoms with Gasteiger partial charge in [0.25, 0.3) is 5.91 Å². The normalized spacial score (nSPS) is 10.8. The van der Waals surface area contributed by atoms with E-state index in [0.717, 1.165) is 23.2 Å².